The van der Waals surface area contributed by atoms with E-state index in [2.05, 4.69) is 15.3 Å². The molecule has 7 nitrogen and oxygen atoms in total. The second-order valence-corrected chi connectivity index (χ2v) is 7.52. The van der Waals surface area contributed by atoms with Crippen LogP contribution in [-0.4, -0.2) is 29.1 Å². The number of benzene rings is 3. The largest absolute Gasteiger partial charge is 0.486 e. The predicted molar refractivity (Wildman–Crippen MR) is 124 cm³/mol. The Kier molecular flexibility index (Phi) is 5.59. The van der Waals surface area contributed by atoms with Gasteiger partial charge in [0, 0.05) is 35.1 Å². The van der Waals surface area contributed by atoms with Gasteiger partial charge < -0.3 is 19.5 Å². The van der Waals surface area contributed by atoms with Gasteiger partial charge in [-0.25, -0.2) is 4.98 Å². The molecule has 1 N–H and O–H groups in total. The van der Waals surface area contributed by atoms with Crippen molar-refractivity contribution in [2.75, 3.05) is 18.5 Å². The van der Waals surface area contributed by atoms with Crippen molar-refractivity contribution in [3.05, 3.63) is 90.1 Å². The molecule has 5 rings (SSSR count). The minimum atomic E-state index is -0.234. The molecule has 0 aliphatic carbocycles. The van der Waals surface area contributed by atoms with E-state index in [0.29, 0.717) is 53.4 Å². The molecule has 0 radical (unpaired) electrons. The highest BCUT2D eigenvalue weighted by Gasteiger charge is 2.14. The van der Waals surface area contributed by atoms with Gasteiger partial charge in [0.15, 0.2) is 17.3 Å². The van der Waals surface area contributed by atoms with Crippen molar-refractivity contribution < 1.29 is 19.0 Å². The molecule has 0 saturated carbocycles. The first-order chi connectivity index (χ1) is 16.1. The van der Waals surface area contributed by atoms with Gasteiger partial charge in [-0.2, -0.15) is 4.98 Å². The summed E-state index contributed by atoms with van der Waals surface area (Å²) in [6.07, 6.45) is 1.66. The molecule has 1 aliphatic heterocycles. The second kappa shape index (κ2) is 9.00. The summed E-state index contributed by atoms with van der Waals surface area (Å²) in [6, 6.07) is 21.9. The van der Waals surface area contributed by atoms with Gasteiger partial charge in [-0.05, 0) is 43.3 Å². The molecule has 33 heavy (non-hydrogen) atoms. The number of amides is 1. The van der Waals surface area contributed by atoms with Crippen LogP contribution in [0.4, 0.5) is 5.69 Å². The summed E-state index contributed by atoms with van der Waals surface area (Å²) in [5, 5.41) is 2.87. The van der Waals surface area contributed by atoms with Crippen LogP contribution >= 0.6 is 0 Å². The SMILES string of the molecule is Cc1ccc(-c2nccc(Oc3ccc(C(=O)Nc4ccc5c(c4)OCCO5)cc3)n2)cc1. The van der Waals surface area contributed by atoms with Crippen LogP contribution in [-0.2, 0) is 0 Å². The van der Waals surface area contributed by atoms with E-state index in [1.807, 2.05) is 31.2 Å². The number of aromatic nitrogens is 2. The van der Waals surface area contributed by atoms with Crippen molar-refractivity contribution in [2.45, 2.75) is 6.92 Å². The van der Waals surface area contributed by atoms with Crippen molar-refractivity contribution in [1.29, 1.82) is 0 Å². The maximum Gasteiger partial charge on any atom is 0.255 e. The molecule has 4 aromatic rings. The third-order valence-electron chi connectivity index (χ3n) is 5.08. The number of anilines is 1. The number of carbonyl (C=O) groups is 1. The maximum absolute atomic E-state index is 12.6. The van der Waals surface area contributed by atoms with Gasteiger partial charge in [-0.15, -0.1) is 0 Å². The Morgan fingerprint density at radius 3 is 2.45 bits per heavy atom. The molecular weight excluding hydrogens is 418 g/mol. The number of hydrogen-bond donors (Lipinski definition) is 1. The monoisotopic (exact) mass is 439 g/mol. The van der Waals surface area contributed by atoms with Crippen LogP contribution in [0.5, 0.6) is 23.1 Å². The zero-order valence-corrected chi connectivity index (χ0v) is 17.9. The van der Waals surface area contributed by atoms with Crippen LogP contribution in [0, 0.1) is 6.92 Å². The first-order valence-electron chi connectivity index (χ1n) is 10.5. The van der Waals surface area contributed by atoms with E-state index in [4.69, 9.17) is 14.2 Å². The molecule has 0 bridgehead atoms. The fourth-order valence-corrected chi connectivity index (χ4v) is 3.36. The first kappa shape index (κ1) is 20.5. The third-order valence-corrected chi connectivity index (χ3v) is 5.08. The molecule has 0 spiro atoms. The average molecular weight is 439 g/mol. The number of carbonyl (C=O) groups excluding carboxylic acids is 1. The normalized spacial score (nSPS) is 12.2. The first-order valence-corrected chi connectivity index (χ1v) is 10.5. The van der Waals surface area contributed by atoms with E-state index < -0.39 is 0 Å². The van der Waals surface area contributed by atoms with Crippen LogP contribution in [0.25, 0.3) is 11.4 Å². The highest BCUT2D eigenvalue weighted by atomic mass is 16.6. The summed E-state index contributed by atoms with van der Waals surface area (Å²) in [4.78, 5) is 21.4. The van der Waals surface area contributed by atoms with Gasteiger partial charge in [0.05, 0.1) is 0 Å². The van der Waals surface area contributed by atoms with Crippen LogP contribution in [0.1, 0.15) is 15.9 Å². The Morgan fingerprint density at radius 1 is 0.909 bits per heavy atom. The van der Waals surface area contributed by atoms with E-state index in [-0.39, 0.29) is 5.91 Å². The number of aryl methyl sites for hydroxylation is 1. The summed E-state index contributed by atoms with van der Waals surface area (Å²) in [7, 11) is 0. The zero-order valence-electron chi connectivity index (χ0n) is 17.9. The molecule has 1 amide bonds. The van der Waals surface area contributed by atoms with Gasteiger partial charge >= 0.3 is 0 Å². The number of ether oxygens (including phenoxy) is 3. The van der Waals surface area contributed by atoms with E-state index >= 15 is 0 Å². The summed E-state index contributed by atoms with van der Waals surface area (Å²) in [6.45, 7) is 3.05. The smallest absolute Gasteiger partial charge is 0.255 e. The Morgan fingerprint density at radius 2 is 1.67 bits per heavy atom. The number of nitrogens with one attached hydrogen (secondary N) is 1. The van der Waals surface area contributed by atoms with E-state index in [1.54, 1.807) is 54.7 Å². The van der Waals surface area contributed by atoms with Crippen LogP contribution < -0.4 is 19.5 Å². The highest BCUT2D eigenvalue weighted by Crippen LogP contribution is 2.32. The summed E-state index contributed by atoms with van der Waals surface area (Å²) in [5.74, 6) is 2.65. The highest BCUT2D eigenvalue weighted by molar-refractivity contribution is 6.04. The summed E-state index contributed by atoms with van der Waals surface area (Å²) < 4.78 is 16.9. The van der Waals surface area contributed by atoms with Crippen LogP contribution in [0.3, 0.4) is 0 Å². The van der Waals surface area contributed by atoms with Crippen molar-refractivity contribution in [2.24, 2.45) is 0 Å². The molecule has 3 aromatic carbocycles. The lowest BCUT2D eigenvalue weighted by molar-refractivity contribution is 0.102. The van der Waals surface area contributed by atoms with E-state index in [0.717, 1.165) is 5.56 Å². The van der Waals surface area contributed by atoms with Gasteiger partial charge in [0.1, 0.15) is 19.0 Å². The Hall–Kier alpha value is -4.39. The topological polar surface area (TPSA) is 82.6 Å². The molecule has 0 saturated heterocycles. The molecule has 1 aliphatic rings. The van der Waals surface area contributed by atoms with E-state index in [1.165, 1.54) is 5.56 Å². The Bertz CT molecular complexity index is 1290. The van der Waals surface area contributed by atoms with Gasteiger partial charge in [-0.3, -0.25) is 4.79 Å². The van der Waals surface area contributed by atoms with Crippen LogP contribution in [0.15, 0.2) is 79.0 Å². The minimum absolute atomic E-state index is 0.234. The number of hydrogen-bond acceptors (Lipinski definition) is 6. The number of rotatable bonds is 5. The van der Waals surface area contributed by atoms with Gasteiger partial charge in [-0.1, -0.05) is 29.8 Å². The van der Waals surface area contributed by atoms with Crippen molar-refractivity contribution in [3.8, 4) is 34.5 Å². The maximum atomic E-state index is 12.6. The zero-order chi connectivity index (χ0) is 22.6. The van der Waals surface area contributed by atoms with E-state index in [9.17, 15) is 4.79 Å². The lowest BCUT2D eigenvalue weighted by Gasteiger charge is -2.19. The lowest BCUT2D eigenvalue weighted by atomic mass is 10.1. The molecule has 0 unspecified atom stereocenters. The number of fused-ring (bicyclic) bond motifs is 1. The third kappa shape index (κ3) is 4.77. The average Bonchev–Trinajstić information content (AvgIpc) is 2.85. The fraction of sp³-hybridized carbons (Fsp3) is 0.115. The van der Waals surface area contributed by atoms with Crippen molar-refractivity contribution in [1.82, 2.24) is 9.97 Å². The molecule has 2 heterocycles. The Balaban J connectivity index is 1.25. The standard InChI is InChI=1S/C26H21N3O4/c1-17-2-4-18(5-3-17)25-27-13-12-24(29-25)33-21-9-6-19(7-10-21)26(30)28-20-8-11-22-23(16-20)32-15-14-31-22/h2-13,16H,14-15H2,1H3,(H,28,30). The Labute approximate surface area is 191 Å². The summed E-state index contributed by atoms with van der Waals surface area (Å²) in [5.41, 5.74) is 3.22. The molecule has 164 valence electrons. The fourth-order valence-electron chi connectivity index (χ4n) is 3.36. The quantitative estimate of drug-likeness (QED) is 0.456. The van der Waals surface area contributed by atoms with Crippen molar-refractivity contribution >= 4 is 11.6 Å². The molecule has 0 fully saturated rings. The van der Waals surface area contributed by atoms with Crippen LogP contribution in [0.2, 0.25) is 0 Å². The van der Waals surface area contributed by atoms with Gasteiger partial charge in [0.2, 0.25) is 5.88 Å². The van der Waals surface area contributed by atoms with Gasteiger partial charge in [0.25, 0.3) is 5.91 Å². The van der Waals surface area contributed by atoms with Crippen molar-refractivity contribution in [3.63, 3.8) is 0 Å². The molecular formula is C26H21N3O4. The second-order valence-electron chi connectivity index (χ2n) is 7.52. The summed E-state index contributed by atoms with van der Waals surface area (Å²) >= 11 is 0. The lowest BCUT2D eigenvalue weighted by Crippen LogP contribution is -2.16. The number of nitrogens with zero attached hydrogens (tertiary/aromatic N) is 2. The molecule has 0 atom stereocenters. The minimum Gasteiger partial charge on any atom is -0.486 e. The molecule has 7 heteroatoms. The molecule has 1 aromatic heterocycles. The predicted octanol–water partition coefficient (Wildman–Crippen LogP) is 5.27.